The van der Waals surface area contributed by atoms with Gasteiger partial charge in [0.15, 0.2) is 0 Å². The van der Waals surface area contributed by atoms with Crippen LogP contribution in [0, 0.1) is 6.92 Å². The molecule has 1 atom stereocenters. The standard InChI is InChI=1S/C24H32N2O3/c1-18-8-10-19(11-9-18)23(26-12-6-4-5-7-13-26)17-25-24(27)20-14-21(28-2)16-22(15-20)29-3/h8-11,14-16,23H,4-7,12-13,17H2,1-3H3,(H,25,27). The lowest BCUT2D eigenvalue weighted by Crippen LogP contribution is -2.38. The normalized spacial score (nSPS) is 16.0. The van der Waals surface area contributed by atoms with E-state index < -0.39 is 0 Å². The molecule has 1 unspecified atom stereocenters. The number of nitrogens with zero attached hydrogens (tertiary/aromatic N) is 1. The number of amides is 1. The lowest BCUT2D eigenvalue weighted by Gasteiger charge is -2.31. The van der Waals surface area contributed by atoms with Crippen molar-refractivity contribution in [1.29, 1.82) is 0 Å². The Kier molecular flexibility index (Phi) is 7.53. The lowest BCUT2D eigenvalue weighted by molar-refractivity contribution is 0.0932. The number of carbonyl (C=O) groups excluding carboxylic acids is 1. The molecule has 1 heterocycles. The van der Waals surface area contributed by atoms with Gasteiger partial charge in [0.05, 0.1) is 20.3 Å². The van der Waals surface area contributed by atoms with Crippen LogP contribution in [0.15, 0.2) is 42.5 Å². The largest absolute Gasteiger partial charge is 0.497 e. The maximum Gasteiger partial charge on any atom is 0.251 e. The third-order valence-electron chi connectivity index (χ3n) is 5.61. The molecule has 5 nitrogen and oxygen atoms in total. The third kappa shape index (κ3) is 5.73. The van der Waals surface area contributed by atoms with Gasteiger partial charge in [-0.3, -0.25) is 9.69 Å². The lowest BCUT2D eigenvalue weighted by atomic mass is 10.0. The predicted octanol–water partition coefficient (Wildman–Crippen LogP) is 4.36. The van der Waals surface area contributed by atoms with Crippen molar-refractivity contribution < 1.29 is 14.3 Å². The van der Waals surface area contributed by atoms with E-state index in [1.54, 1.807) is 32.4 Å². The Hall–Kier alpha value is -2.53. The van der Waals surface area contributed by atoms with Crippen LogP contribution in [0.2, 0.25) is 0 Å². The van der Waals surface area contributed by atoms with Crippen molar-refractivity contribution in [2.75, 3.05) is 33.9 Å². The average molecular weight is 397 g/mol. The molecule has 2 aromatic carbocycles. The van der Waals surface area contributed by atoms with Crippen molar-refractivity contribution in [2.45, 2.75) is 38.6 Å². The van der Waals surface area contributed by atoms with Gasteiger partial charge in [0, 0.05) is 18.2 Å². The van der Waals surface area contributed by atoms with Gasteiger partial charge in [-0.05, 0) is 50.6 Å². The van der Waals surface area contributed by atoms with Crippen molar-refractivity contribution in [1.82, 2.24) is 10.2 Å². The minimum atomic E-state index is -0.117. The van der Waals surface area contributed by atoms with Crippen LogP contribution in [0.3, 0.4) is 0 Å². The van der Waals surface area contributed by atoms with E-state index >= 15 is 0 Å². The number of nitrogens with one attached hydrogen (secondary N) is 1. The highest BCUT2D eigenvalue weighted by Gasteiger charge is 2.22. The number of methoxy groups -OCH3 is 2. The fourth-order valence-electron chi connectivity index (χ4n) is 3.88. The number of benzene rings is 2. The molecule has 29 heavy (non-hydrogen) atoms. The molecule has 0 radical (unpaired) electrons. The van der Waals surface area contributed by atoms with Gasteiger partial charge in [-0.25, -0.2) is 0 Å². The summed E-state index contributed by atoms with van der Waals surface area (Å²) < 4.78 is 10.6. The average Bonchev–Trinajstić information content (AvgIpc) is 3.04. The SMILES string of the molecule is COc1cc(OC)cc(C(=O)NCC(c2ccc(C)cc2)N2CCCCCC2)c1. The number of carbonyl (C=O) groups is 1. The van der Waals surface area contributed by atoms with Crippen molar-refractivity contribution in [3.05, 3.63) is 59.2 Å². The summed E-state index contributed by atoms with van der Waals surface area (Å²) in [5.74, 6) is 1.10. The first-order chi connectivity index (χ1) is 14.1. The fraction of sp³-hybridized carbons (Fsp3) is 0.458. The molecule has 0 spiro atoms. The Morgan fingerprint density at radius 3 is 2.10 bits per heavy atom. The van der Waals surface area contributed by atoms with Crippen molar-refractivity contribution in [3.8, 4) is 11.5 Å². The number of ether oxygens (including phenoxy) is 2. The van der Waals surface area contributed by atoms with Gasteiger partial charge in [0.2, 0.25) is 0 Å². The number of hydrogen-bond acceptors (Lipinski definition) is 4. The smallest absolute Gasteiger partial charge is 0.251 e. The number of likely N-dealkylation sites (tertiary alicyclic amines) is 1. The summed E-state index contributed by atoms with van der Waals surface area (Å²) in [5.41, 5.74) is 3.04. The van der Waals surface area contributed by atoms with Crippen LogP contribution in [-0.4, -0.2) is 44.7 Å². The third-order valence-corrected chi connectivity index (χ3v) is 5.61. The second-order valence-corrected chi connectivity index (χ2v) is 7.69. The van der Waals surface area contributed by atoms with Gasteiger partial charge >= 0.3 is 0 Å². The van der Waals surface area contributed by atoms with Crippen molar-refractivity contribution in [2.24, 2.45) is 0 Å². The number of hydrogen-bond donors (Lipinski definition) is 1. The molecule has 1 amide bonds. The van der Waals surface area contributed by atoms with E-state index in [0.29, 0.717) is 23.6 Å². The Labute approximate surface area is 174 Å². The Morgan fingerprint density at radius 1 is 0.966 bits per heavy atom. The summed E-state index contributed by atoms with van der Waals surface area (Å²) in [5, 5.41) is 3.14. The van der Waals surface area contributed by atoms with E-state index in [2.05, 4.69) is 41.4 Å². The first-order valence-corrected chi connectivity index (χ1v) is 10.4. The Bertz CT molecular complexity index is 774. The van der Waals surface area contributed by atoms with Gasteiger partial charge in [0.1, 0.15) is 11.5 Å². The quantitative estimate of drug-likeness (QED) is 0.756. The zero-order chi connectivity index (χ0) is 20.6. The van der Waals surface area contributed by atoms with Gasteiger partial charge in [-0.1, -0.05) is 42.7 Å². The van der Waals surface area contributed by atoms with Crippen LogP contribution in [0.4, 0.5) is 0 Å². The fourth-order valence-corrected chi connectivity index (χ4v) is 3.88. The van der Waals surface area contributed by atoms with Gasteiger partial charge in [-0.15, -0.1) is 0 Å². The molecule has 156 valence electrons. The highest BCUT2D eigenvalue weighted by atomic mass is 16.5. The highest BCUT2D eigenvalue weighted by molar-refractivity contribution is 5.95. The van der Waals surface area contributed by atoms with E-state index in [4.69, 9.17) is 9.47 Å². The van der Waals surface area contributed by atoms with Crippen molar-refractivity contribution >= 4 is 5.91 Å². The first kappa shape index (κ1) is 21.2. The second-order valence-electron chi connectivity index (χ2n) is 7.69. The molecule has 1 aliphatic rings. The molecule has 0 aliphatic carbocycles. The second kappa shape index (κ2) is 10.3. The van der Waals surface area contributed by atoms with Crippen LogP contribution in [0.1, 0.15) is 53.2 Å². The topological polar surface area (TPSA) is 50.8 Å². The van der Waals surface area contributed by atoms with Crippen LogP contribution in [0.25, 0.3) is 0 Å². The molecule has 0 saturated carbocycles. The summed E-state index contributed by atoms with van der Waals surface area (Å²) in [6.07, 6.45) is 4.99. The summed E-state index contributed by atoms with van der Waals surface area (Å²) in [4.78, 5) is 15.4. The summed E-state index contributed by atoms with van der Waals surface area (Å²) in [7, 11) is 3.17. The molecule has 2 aromatic rings. The number of aryl methyl sites for hydroxylation is 1. The molecule has 0 aromatic heterocycles. The van der Waals surface area contributed by atoms with E-state index in [0.717, 1.165) is 13.1 Å². The zero-order valence-corrected chi connectivity index (χ0v) is 17.7. The van der Waals surface area contributed by atoms with E-state index in [1.807, 2.05) is 0 Å². The van der Waals surface area contributed by atoms with Gasteiger partial charge < -0.3 is 14.8 Å². The van der Waals surface area contributed by atoms with Crippen LogP contribution < -0.4 is 14.8 Å². The van der Waals surface area contributed by atoms with E-state index in [-0.39, 0.29) is 11.9 Å². The van der Waals surface area contributed by atoms with Crippen molar-refractivity contribution in [3.63, 3.8) is 0 Å². The van der Waals surface area contributed by atoms with Crippen LogP contribution in [-0.2, 0) is 0 Å². The maximum absolute atomic E-state index is 12.9. The van der Waals surface area contributed by atoms with Gasteiger partial charge in [-0.2, -0.15) is 0 Å². The van der Waals surface area contributed by atoms with Crippen LogP contribution in [0.5, 0.6) is 11.5 Å². The van der Waals surface area contributed by atoms with E-state index in [9.17, 15) is 4.79 Å². The highest BCUT2D eigenvalue weighted by Crippen LogP contribution is 2.25. The first-order valence-electron chi connectivity index (χ1n) is 10.4. The predicted molar refractivity (Wildman–Crippen MR) is 116 cm³/mol. The van der Waals surface area contributed by atoms with Crippen LogP contribution >= 0.6 is 0 Å². The van der Waals surface area contributed by atoms with E-state index in [1.165, 1.54) is 36.8 Å². The van der Waals surface area contributed by atoms with Gasteiger partial charge in [0.25, 0.3) is 5.91 Å². The summed E-state index contributed by atoms with van der Waals surface area (Å²) >= 11 is 0. The molecule has 1 saturated heterocycles. The molecule has 5 heteroatoms. The molecule has 0 bridgehead atoms. The molecular formula is C24H32N2O3. The summed E-state index contributed by atoms with van der Waals surface area (Å²) in [6.45, 7) is 4.81. The maximum atomic E-state index is 12.9. The Balaban J connectivity index is 1.77. The monoisotopic (exact) mass is 396 g/mol. The minimum absolute atomic E-state index is 0.117. The minimum Gasteiger partial charge on any atom is -0.497 e. The molecule has 1 N–H and O–H groups in total. The molecule has 3 rings (SSSR count). The Morgan fingerprint density at radius 2 is 1.55 bits per heavy atom. The molecule has 1 aliphatic heterocycles. The molecular weight excluding hydrogens is 364 g/mol. The number of rotatable bonds is 7. The zero-order valence-electron chi connectivity index (χ0n) is 17.7. The molecule has 1 fully saturated rings. The summed E-state index contributed by atoms with van der Waals surface area (Å²) in [6, 6.07) is 14.1.